The number of aromatic nitrogens is 2. The zero-order valence-corrected chi connectivity index (χ0v) is 27.0. The van der Waals surface area contributed by atoms with Crippen LogP contribution in [0.15, 0.2) is 79.4 Å². The van der Waals surface area contributed by atoms with Crippen molar-refractivity contribution < 1.29 is 9.59 Å². The van der Waals surface area contributed by atoms with Gasteiger partial charge in [-0.05, 0) is 88.1 Å². The van der Waals surface area contributed by atoms with Crippen LogP contribution >= 0.6 is 0 Å². The van der Waals surface area contributed by atoms with Crippen LogP contribution in [-0.2, 0) is 48.5 Å². The summed E-state index contributed by atoms with van der Waals surface area (Å²) in [6.45, 7) is 8.09. The van der Waals surface area contributed by atoms with Gasteiger partial charge in [0.1, 0.15) is 6.04 Å². The molecule has 4 aromatic rings. The number of rotatable bonds is 10. The van der Waals surface area contributed by atoms with Crippen LogP contribution in [0.1, 0.15) is 83.5 Å². The number of fused-ring (bicyclic) bond motifs is 2. The Balaban J connectivity index is 1.02. The van der Waals surface area contributed by atoms with Gasteiger partial charge < -0.3 is 21.3 Å². The first-order valence-corrected chi connectivity index (χ1v) is 16.4. The lowest BCUT2D eigenvalue weighted by Gasteiger charge is -2.26. The second-order valence-corrected chi connectivity index (χ2v) is 13.1. The number of hydrogen-bond donors (Lipinski definition) is 4. The molecule has 0 spiro atoms. The molecular formula is C38H44N6O2. The maximum Gasteiger partial charge on any atom is 0.242 e. The van der Waals surface area contributed by atoms with Gasteiger partial charge >= 0.3 is 0 Å². The van der Waals surface area contributed by atoms with Crippen LogP contribution in [0, 0.1) is 0 Å². The van der Waals surface area contributed by atoms with Gasteiger partial charge in [0, 0.05) is 50.1 Å². The number of anilines is 1. The van der Waals surface area contributed by atoms with E-state index < -0.39 is 0 Å². The lowest BCUT2D eigenvalue weighted by Crippen LogP contribution is -2.47. The summed E-state index contributed by atoms with van der Waals surface area (Å²) < 4.78 is 0. The van der Waals surface area contributed by atoms with Crippen LogP contribution in [0.4, 0.5) is 5.69 Å². The molecule has 0 radical (unpaired) electrons. The van der Waals surface area contributed by atoms with Gasteiger partial charge in [0.15, 0.2) is 0 Å². The molecule has 3 unspecified atom stereocenters. The second-order valence-electron chi connectivity index (χ2n) is 13.1. The molecule has 4 heterocycles. The summed E-state index contributed by atoms with van der Waals surface area (Å²) in [5.41, 5.74) is 10.3. The number of hydrogen-bond acceptors (Lipinski definition) is 6. The highest BCUT2D eigenvalue weighted by Gasteiger charge is 2.25. The fourth-order valence-electron chi connectivity index (χ4n) is 6.40. The van der Waals surface area contributed by atoms with E-state index in [4.69, 9.17) is 0 Å². The third-order valence-corrected chi connectivity index (χ3v) is 9.26. The Labute approximate surface area is 271 Å². The Morgan fingerprint density at radius 2 is 1.48 bits per heavy atom. The first-order valence-electron chi connectivity index (χ1n) is 16.4. The monoisotopic (exact) mass is 616 g/mol. The van der Waals surface area contributed by atoms with E-state index in [9.17, 15) is 9.59 Å². The molecule has 2 aliphatic heterocycles. The lowest BCUT2D eigenvalue weighted by molar-refractivity contribution is -0.123. The Morgan fingerprint density at radius 3 is 2.24 bits per heavy atom. The van der Waals surface area contributed by atoms with E-state index >= 15 is 0 Å². The van der Waals surface area contributed by atoms with Crippen molar-refractivity contribution in [3.8, 4) is 0 Å². The van der Waals surface area contributed by atoms with E-state index in [1.165, 1.54) is 27.8 Å². The van der Waals surface area contributed by atoms with Crippen molar-refractivity contribution in [3.63, 3.8) is 0 Å². The zero-order valence-electron chi connectivity index (χ0n) is 27.0. The SMILES string of the molecule is CC(C)c1cncc(CNC(=O)C2Cc3cc(CC(C)c4cncc(CNC(=O)C5CCc6ccccc6N5)c4)ccc3CN2)c1. The first-order chi connectivity index (χ1) is 22.3. The van der Waals surface area contributed by atoms with Crippen LogP contribution in [0.2, 0.25) is 0 Å². The number of nitrogens with zero attached hydrogens (tertiary/aromatic N) is 2. The predicted molar refractivity (Wildman–Crippen MR) is 181 cm³/mol. The second kappa shape index (κ2) is 14.3. The van der Waals surface area contributed by atoms with Crippen molar-refractivity contribution in [2.45, 2.75) is 90.0 Å². The van der Waals surface area contributed by atoms with Crippen molar-refractivity contribution in [2.75, 3.05) is 5.32 Å². The minimum absolute atomic E-state index is 0.0124. The topological polar surface area (TPSA) is 108 Å². The zero-order chi connectivity index (χ0) is 32.0. The fourth-order valence-corrected chi connectivity index (χ4v) is 6.40. The third kappa shape index (κ3) is 7.62. The quantitative estimate of drug-likeness (QED) is 0.192. The Morgan fingerprint density at radius 1 is 0.783 bits per heavy atom. The Bertz CT molecular complexity index is 1700. The van der Waals surface area contributed by atoms with E-state index in [0.717, 1.165) is 41.6 Å². The van der Waals surface area contributed by atoms with Gasteiger partial charge in [0.2, 0.25) is 11.8 Å². The van der Waals surface area contributed by atoms with Gasteiger partial charge in [-0.15, -0.1) is 0 Å². The molecule has 8 heteroatoms. The molecule has 6 rings (SSSR count). The molecular weight excluding hydrogens is 572 g/mol. The highest BCUT2D eigenvalue weighted by atomic mass is 16.2. The first kappa shape index (κ1) is 31.4. The van der Waals surface area contributed by atoms with E-state index in [1.807, 2.05) is 43.0 Å². The van der Waals surface area contributed by atoms with Gasteiger partial charge in [-0.1, -0.05) is 69.3 Å². The maximum absolute atomic E-state index is 13.1. The van der Waals surface area contributed by atoms with Crippen molar-refractivity contribution >= 4 is 17.5 Å². The molecule has 8 nitrogen and oxygen atoms in total. The normalized spacial score (nSPS) is 17.7. The number of benzene rings is 2. The summed E-state index contributed by atoms with van der Waals surface area (Å²) in [5, 5.41) is 13.0. The number of aryl methyl sites for hydroxylation is 1. The van der Waals surface area contributed by atoms with Gasteiger partial charge in [-0.25, -0.2) is 0 Å². The van der Waals surface area contributed by atoms with Crippen LogP contribution in [0.3, 0.4) is 0 Å². The van der Waals surface area contributed by atoms with Crippen molar-refractivity contribution in [1.29, 1.82) is 0 Å². The smallest absolute Gasteiger partial charge is 0.242 e. The lowest BCUT2D eigenvalue weighted by atomic mass is 9.89. The van der Waals surface area contributed by atoms with E-state index in [1.54, 1.807) is 0 Å². The van der Waals surface area contributed by atoms with Gasteiger partial charge in [0.25, 0.3) is 0 Å². The number of para-hydroxylation sites is 1. The van der Waals surface area contributed by atoms with Crippen molar-refractivity contribution in [2.24, 2.45) is 0 Å². The molecule has 238 valence electrons. The van der Waals surface area contributed by atoms with Crippen LogP contribution in [0.25, 0.3) is 0 Å². The minimum atomic E-state index is -0.268. The molecule has 0 saturated heterocycles. The molecule has 4 N–H and O–H groups in total. The van der Waals surface area contributed by atoms with Crippen LogP contribution in [0.5, 0.6) is 0 Å². The van der Waals surface area contributed by atoms with Crippen molar-refractivity contribution in [3.05, 3.63) is 124 Å². The molecule has 0 bridgehead atoms. The largest absolute Gasteiger partial charge is 0.373 e. The standard InChI is InChI=1S/C38H44N6O2/c1-24(2)32-14-27(17-39-21-32)19-43-38(46)36-16-31-13-26(8-9-30(31)23-41-36)12-25(3)33-15-28(18-40-22-33)20-42-37(45)35-11-10-29-6-4-5-7-34(29)44-35/h4-9,13-15,17-18,21-22,24-25,35-36,41,44H,10-12,16,19-20,23H2,1-3H3,(H,42,45)(H,43,46). The summed E-state index contributed by atoms with van der Waals surface area (Å²) in [4.78, 5) is 34.8. The molecule has 2 amide bonds. The summed E-state index contributed by atoms with van der Waals surface area (Å²) >= 11 is 0. The fraction of sp³-hybridized carbons (Fsp3) is 0.368. The van der Waals surface area contributed by atoms with Crippen LogP contribution < -0.4 is 21.3 Å². The molecule has 0 saturated carbocycles. The Kier molecular flexibility index (Phi) is 9.73. The molecule has 2 aromatic heterocycles. The van der Waals surface area contributed by atoms with E-state index in [2.05, 4.69) is 88.4 Å². The van der Waals surface area contributed by atoms with Gasteiger partial charge in [-0.2, -0.15) is 0 Å². The molecule has 0 aliphatic carbocycles. The Hall–Kier alpha value is -4.56. The summed E-state index contributed by atoms with van der Waals surface area (Å²) in [6.07, 6.45) is 10.7. The number of amides is 2. The van der Waals surface area contributed by atoms with Gasteiger partial charge in [0.05, 0.1) is 6.04 Å². The summed E-state index contributed by atoms with van der Waals surface area (Å²) in [5.74, 6) is 0.668. The minimum Gasteiger partial charge on any atom is -0.373 e. The average molecular weight is 617 g/mol. The average Bonchev–Trinajstić information content (AvgIpc) is 3.09. The number of pyridine rings is 2. The van der Waals surface area contributed by atoms with E-state index in [0.29, 0.717) is 32.0 Å². The highest BCUT2D eigenvalue weighted by Crippen LogP contribution is 2.26. The highest BCUT2D eigenvalue weighted by molar-refractivity contribution is 5.85. The maximum atomic E-state index is 13.1. The molecule has 2 aliphatic rings. The predicted octanol–water partition coefficient (Wildman–Crippen LogP) is 5.32. The molecule has 46 heavy (non-hydrogen) atoms. The summed E-state index contributed by atoms with van der Waals surface area (Å²) in [6, 6.07) is 18.6. The molecule has 3 atom stereocenters. The van der Waals surface area contributed by atoms with Gasteiger partial charge in [-0.3, -0.25) is 19.6 Å². The summed E-state index contributed by atoms with van der Waals surface area (Å²) in [7, 11) is 0. The van der Waals surface area contributed by atoms with E-state index in [-0.39, 0.29) is 29.8 Å². The number of carbonyl (C=O) groups excluding carboxylic acids is 2. The molecule has 0 fully saturated rings. The number of carbonyl (C=O) groups is 2. The molecule has 2 aromatic carbocycles. The van der Waals surface area contributed by atoms with Crippen LogP contribution in [-0.4, -0.2) is 33.9 Å². The third-order valence-electron chi connectivity index (χ3n) is 9.26. The van der Waals surface area contributed by atoms with Crippen molar-refractivity contribution in [1.82, 2.24) is 25.9 Å². The number of nitrogens with one attached hydrogen (secondary N) is 4.